The molecular formula is C11H18O6. The fraction of sp³-hybridized carbons (Fsp3) is 0.818. The van der Waals surface area contributed by atoms with E-state index in [0.29, 0.717) is 13.0 Å². The monoisotopic (exact) mass is 246 g/mol. The third kappa shape index (κ3) is 3.41. The van der Waals surface area contributed by atoms with E-state index in [9.17, 15) is 14.7 Å². The molecule has 17 heavy (non-hydrogen) atoms. The largest absolute Gasteiger partial charge is 0.466 e. The smallest absolute Gasteiger partial charge is 0.335 e. The second kappa shape index (κ2) is 6.56. The molecule has 1 fully saturated rings. The Hall–Kier alpha value is -1.14. The average molecular weight is 246 g/mol. The van der Waals surface area contributed by atoms with E-state index in [2.05, 4.69) is 4.74 Å². The van der Waals surface area contributed by atoms with Gasteiger partial charge in [0.25, 0.3) is 0 Å². The first kappa shape index (κ1) is 13.9. The SMILES string of the molecule is CCOC(=O)C(O)C(C(=O)OCC)C1CCO1. The van der Waals surface area contributed by atoms with Gasteiger partial charge < -0.3 is 19.3 Å². The van der Waals surface area contributed by atoms with Gasteiger partial charge in [-0.2, -0.15) is 0 Å². The molecule has 1 N–H and O–H groups in total. The molecule has 98 valence electrons. The number of carbonyl (C=O) groups is 2. The first-order chi connectivity index (χ1) is 8.11. The predicted octanol–water partition coefficient (Wildman–Crippen LogP) is -0.121. The Balaban J connectivity index is 2.67. The van der Waals surface area contributed by atoms with Gasteiger partial charge in [-0.15, -0.1) is 0 Å². The van der Waals surface area contributed by atoms with Crippen LogP contribution in [0.5, 0.6) is 0 Å². The molecule has 1 aliphatic heterocycles. The first-order valence-electron chi connectivity index (χ1n) is 5.74. The predicted molar refractivity (Wildman–Crippen MR) is 57.1 cm³/mol. The van der Waals surface area contributed by atoms with E-state index in [0.717, 1.165) is 0 Å². The number of carbonyl (C=O) groups excluding carboxylic acids is 2. The van der Waals surface area contributed by atoms with Crippen LogP contribution in [0.3, 0.4) is 0 Å². The second-order valence-corrected chi connectivity index (χ2v) is 3.67. The summed E-state index contributed by atoms with van der Waals surface area (Å²) in [5, 5.41) is 9.79. The van der Waals surface area contributed by atoms with Crippen molar-refractivity contribution in [3.8, 4) is 0 Å². The number of aliphatic hydroxyl groups is 1. The lowest BCUT2D eigenvalue weighted by molar-refractivity contribution is -0.183. The van der Waals surface area contributed by atoms with Crippen LogP contribution < -0.4 is 0 Å². The molecule has 0 aromatic carbocycles. The van der Waals surface area contributed by atoms with Crippen molar-refractivity contribution in [2.45, 2.75) is 32.5 Å². The Labute approximate surface area is 99.8 Å². The highest BCUT2D eigenvalue weighted by Gasteiger charge is 2.43. The zero-order valence-corrected chi connectivity index (χ0v) is 10.0. The molecule has 3 unspecified atom stereocenters. The van der Waals surface area contributed by atoms with Crippen LogP contribution in [-0.4, -0.2) is 49.1 Å². The Morgan fingerprint density at radius 3 is 2.24 bits per heavy atom. The summed E-state index contributed by atoms with van der Waals surface area (Å²) >= 11 is 0. The summed E-state index contributed by atoms with van der Waals surface area (Å²) in [7, 11) is 0. The number of hydrogen-bond acceptors (Lipinski definition) is 6. The van der Waals surface area contributed by atoms with E-state index >= 15 is 0 Å². The van der Waals surface area contributed by atoms with Crippen LogP contribution in [0.4, 0.5) is 0 Å². The maximum absolute atomic E-state index is 11.7. The van der Waals surface area contributed by atoms with Crippen molar-refractivity contribution >= 4 is 11.9 Å². The molecule has 1 saturated heterocycles. The lowest BCUT2D eigenvalue weighted by Gasteiger charge is -2.34. The molecule has 6 heteroatoms. The molecule has 6 nitrogen and oxygen atoms in total. The first-order valence-corrected chi connectivity index (χ1v) is 5.74. The van der Waals surface area contributed by atoms with Crippen molar-refractivity contribution in [2.24, 2.45) is 5.92 Å². The maximum Gasteiger partial charge on any atom is 0.335 e. The van der Waals surface area contributed by atoms with Gasteiger partial charge in [0.15, 0.2) is 6.10 Å². The lowest BCUT2D eigenvalue weighted by atomic mass is 9.91. The third-order valence-electron chi connectivity index (χ3n) is 2.56. The van der Waals surface area contributed by atoms with Gasteiger partial charge in [0.2, 0.25) is 0 Å². The van der Waals surface area contributed by atoms with Crippen LogP contribution in [0.15, 0.2) is 0 Å². The van der Waals surface area contributed by atoms with Crippen LogP contribution in [-0.2, 0) is 23.8 Å². The van der Waals surface area contributed by atoms with E-state index in [1.807, 2.05) is 0 Å². The molecule has 3 atom stereocenters. The van der Waals surface area contributed by atoms with E-state index < -0.39 is 30.1 Å². The normalized spacial score (nSPS) is 22.2. The number of esters is 2. The Bertz CT molecular complexity index is 273. The van der Waals surface area contributed by atoms with Gasteiger partial charge in [0.1, 0.15) is 5.92 Å². The number of ether oxygens (including phenoxy) is 3. The standard InChI is InChI=1S/C11H18O6/c1-3-15-10(13)8(7-5-6-17-7)9(12)11(14)16-4-2/h7-9,12H,3-6H2,1-2H3. The van der Waals surface area contributed by atoms with Crippen LogP contribution >= 0.6 is 0 Å². The Morgan fingerprint density at radius 1 is 1.29 bits per heavy atom. The van der Waals surface area contributed by atoms with Crippen LogP contribution in [0.1, 0.15) is 20.3 Å². The quantitative estimate of drug-likeness (QED) is 0.658. The maximum atomic E-state index is 11.7. The molecule has 0 saturated carbocycles. The second-order valence-electron chi connectivity index (χ2n) is 3.67. The molecule has 0 aliphatic carbocycles. The van der Waals surface area contributed by atoms with Crippen molar-refractivity contribution in [3.05, 3.63) is 0 Å². The fourth-order valence-electron chi connectivity index (χ4n) is 1.63. The topological polar surface area (TPSA) is 82.1 Å². The highest BCUT2D eigenvalue weighted by atomic mass is 16.6. The highest BCUT2D eigenvalue weighted by Crippen LogP contribution is 2.25. The summed E-state index contributed by atoms with van der Waals surface area (Å²) < 4.78 is 14.6. The summed E-state index contributed by atoms with van der Waals surface area (Å²) in [6.45, 7) is 4.15. The minimum absolute atomic E-state index is 0.150. The third-order valence-corrected chi connectivity index (χ3v) is 2.56. The lowest BCUT2D eigenvalue weighted by Crippen LogP contribution is -2.49. The minimum Gasteiger partial charge on any atom is -0.466 e. The van der Waals surface area contributed by atoms with Gasteiger partial charge in [-0.3, -0.25) is 4.79 Å². The van der Waals surface area contributed by atoms with Gasteiger partial charge in [0, 0.05) is 6.61 Å². The summed E-state index contributed by atoms with van der Waals surface area (Å²) in [4.78, 5) is 23.1. The van der Waals surface area contributed by atoms with Gasteiger partial charge in [0.05, 0.1) is 19.3 Å². The molecular weight excluding hydrogens is 228 g/mol. The van der Waals surface area contributed by atoms with Gasteiger partial charge >= 0.3 is 11.9 Å². The highest BCUT2D eigenvalue weighted by molar-refractivity contribution is 5.84. The Morgan fingerprint density at radius 2 is 1.82 bits per heavy atom. The zero-order chi connectivity index (χ0) is 12.8. The average Bonchev–Trinajstić information content (AvgIpc) is 2.22. The van der Waals surface area contributed by atoms with E-state index in [1.54, 1.807) is 13.8 Å². The van der Waals surface area contributed by atoms with Crippen molar-refractivity contribution in [2.75, 3.05) is 19.8 Å². The molecule has 0 bridgehead atoms. The molecule has 0 radical (unpaired) electrons. The summed E-state index contributed by atoms with van der Waals surface area (Å²) in [6.07, 6.45) is -1.37. The molecule has 0 spiro atoms. The van der Waals surface area contributed by atoms with Crippen molar-refractivity contribution in [1.29, 1.82) is 0 Å². The van der Waals surface area contributed by atoms with Gasteiger partial charge in [-0.25, -0.2) is 4.79 Å². The molecule has 0 aromatic heterocycles. The molecule has 1 heterocycles. The molecule has 0 amide bonds. The van der Waals surface area contributed by atoms with Crippen LogP contribution in [0.25, 0.3) is 0 Å². The number of hydrogen-bond donors (Lipinski definition) is 1. The van der Waals surface area contributed by atoms with Gasteiger partial charge in [-0.05, 0) is 20.3 Å². The van der Waals surface area contributed by atoms with Crippen molar-refractivity contribution < 1.29 is 28.9 Å². The van der Waals surface area contributed by atoms with Gasteiger partial charge in [-0.1, -0.05) is 0 Å². The Kier molecular flexibility index (Phi) is 5.37. The van der Waals surface area contributed by atoms with E-state index in [4.69, 9.17) is 9.47 Å². The fourth-order valence-corrected chi connectivity index (χ4v) is 1.63. The molecule has 1 rings (SSSR count). The van der Waals surface area contributed by atoms with Crippen molar-refractivity contribution in [3.63, 3.8) is 0 Å². The number of rotatable bonds is 6. The zero-order valence-electron chi connectivity index (χ0n) is 10.0. The summed E-state index contributed by atoms with van der Waals surface area (Å²) in [5.74, 6) is -2.44. The molecule has 0 aromatic rings. The minimum atomic E-state index is -1.53. The van der Waals surface area contributed by atoms with Crippen molar-refractivity contribution in [1.82, 2.24) is 0 Å². The summed E-state index contributed by atoms with van der Waals surface area (Å²) in [6, 6.07) is 0. The van der Waals surface area contributed by atoms with E-state index in [-0.39, 0.29) is 13.2 Å². The summed E-state index contributed by atoms with van der Waals surface area (Å²) in [5.41, 5.74) is 0. The number of aliphatic hydroxyl groups excluding tert-OH is 1. The van der Waals surface area contributed by atoms with Crippen LogP contribution in [0.2, 0.25) is 0 Å². The molecule has 1 aliphatic rings. The van der Waals surface area contributed by atoms with Crippen LogP contribution in [0, 0.1) is 5.92 Å². The van der Waals surface area contributed by atoms with E-state index in [1.165, 1.54) is 0 Å².